The van der Waals surface area contributed by atoms with Crippen molar-refractivity contribution in [2.24, 2.45) is 16.5 Å². The van der Waals surface area contributed by atoms with Gasteiger partial charge in [-0.15, -0.1) is 0 Å². The topological polar surface area (TPSA) is 127 Å². The second-order valence-electron chi connectivity index (χ2n) is 12.3. The number of aliphatic imine (C=N–C) groups is 1. The van der Waals surface area contributed by atoms with Crippen LogP contribution in [0.4, 0.5) is 4.39 Å². The molecule has 1 aliphatic heterocycles. The summed E-state index contributed by atoms with van der Waals surface area (Å²) in [7, 11) is 0. The summed E-state index contributed by atoms with van der Waals surface area (Å²) in [4.78, 5) is 25.0. The molecule has 3 heterocycles. The maximum atomic E-state index is 15.1. The first-order valence-corrected chi connectivity index (χ1v) is 17.0. The monoisotopic (exact) mass is 651 g/mol. The number of H-pyrrole nitrogens is 1. The number of hydrogen-bond donors (Lipinski definition) is 4. The van der Waals surface area contributed by atoms with Gasteiger partial charge < -0.3 is 21.8 Å². The van der Waals surface area contributed by atoms with Gasteiger partial charge in [-0.2, -0.15) is 4.98 Å². The summed E-state index contributed by atoms with van der Waals surface area (Å²) in [5.41, 5.74) is 15.6. The van der Waals surface area contributed by atoms with E-state index in [0.29, 0.717) is 51.0 Å². The SMILES string of the molecule is CC(C)SC(N)=NCC[C@@H]1CCCC(c2ccc(-n3cc4cc(-c5cc(CCC[C@H](C)N)cc(Cl)c5F)[nH]c4nc3=O)cc2)N1. The normalized spacial score (nSPS) is 18.2. The van der Waals surface area contributed by atoms with Gasteiger partial charge in [-0.1, -0.05) is 55.8 Å². The van der Waals surface area contributed by atoms with Crippen LogP contribution in [0.25, 0.3) is 28.0 Å². The lowest BCUT2D eigenvalue weighted by molar-refractivity contribution is 0.315. The van der Waals surface area contributed by atoms with Crippen LogP contribution in [0.5, 0.6) is 0 Å². The molecule has 0 spiro atoms. The number of halogens is 2. The minimum atomic E-state index is -0.509. The van der Waals surface area contributed by atoms with E-state index in [9.17, 15) is 4.79 Å². The molecule has 0 radical (unpaired) electrons. The fourth-order valence-corrected chi connectivity index (χ4v) is 6.82. The maximum Gasteiger partial charge on any atom is 0.354 e. The molecule has 0 saturated carbocycles. The first-order chi connectivity index (χ1) is 21.6. The standard InChI is InChI=1S/C34H43ClFN7OS/c1-20(2)45-33(38)39-15-14-25-8-5-9-29(40-25)23-10-12-26(13-11-23)43-19-24-18-30(41-32(24)42-34(43)44)27-16-22(7-4-6-21(3)37)17-28(35)31(27)36/h10-13,16-21,25,29,40H,4-9,14-15,37H2,1-3H3,(H2,38,39)(H,41,42,44)/t21-,25-,29?/m0/s1. The molecule has 8 nitrogen and oxygen atoms in total. The number of aryl methyl sites for hydroxylation is 1. The number of benzene rings is 2. The third-order valence-electron chi connectivity index (χ3n) is 8.17. The van der Waals surface area contributed by atoms with Crippen LogP contribution in [0.15, 0.2) is 58.4 Å². The van der Waals surface area contributed by atoms with Crippen LogP contribution in [0, 0.1) is 5.82 Å². The average molecular weight is 652 g/mol. The molecule has 1 unspecified atom stereocenters. The predicted molar refractivity (Wildman–Crippen MR) is 186 cm³/mol. The Morgan fingerprint density at radius 3 is 2.71 bits per heavy atom. The summed E-state index contributed by atoms with van der Waals surface area (Å²) >= 11 is 7.86. The second kappa shape index (κ2) is 14.9. The number of aromatic amines is 1. The number of aromatic nitrogens is 3. The van der Waals surface area contributed by atoms with Crippen molar-refractivity contribution in [3.63, 3.8) is 0 Å². The van der Waals surface area contributed by atoms with Crippen molar-refractivity contribution in [1.29, 1.82) is 0 Å². The first kappa shape index (κ1) is 33.2. The molecule has 1 aliphatic rings. The highest BCUT2D eigenvalue weighted by atomic mass is 35.5. The van der Waals surface area contributed by atoms with Crippen molar-refractivity contribution >= 4 is 39.6 Å². The van der Waals surface area contributed by atoms with Crippen molar-refractivity contribution in [2.45, 2.75) is 89.1 Å². The predicted octanol–water partition coefficient (Wildman–Crippen LogP) is 6.87. The van der Waals surface area contributed by atoms with E-state index < -0.39 is 11.5 Å². The van der Waals surface area contributed by atoms with Crippen molar-refractivity contribution < 1.29 is 4.39 Å². The average Bonchev–Trinajstić information content (AvgIpc) is 3.40. The Labute approximate surface area is 273 Å². The fourth-order valence-electron chi connectivity index (χ4n) is 5.92. The molecule has 0 aliphatic carbocycles. The van der Waals surface area contributed by atoms with Crippen LogP contribution in [0.3, 0.4) is 0 Å². The summed E-state index contributed by atoms with van der Waals surface area (Å²) < 4.78 is 16.7. The van der Waals surface area contributed by atoms with Crippen LogP contribution in [-0.4, -0.2) is 43.6 Å². The second-order valence-corrected chi connectivity index (χ2v) is 14.3. The lowest BCUT2D eigenvalue weighted by atomic mass is 9.92. The molecule has 45 heavy (non-hydrogen) atoms. The summed E-state index contributed by atoms with van der Waals surface area (Å²) in [6, 6.07) is 14.0. The summed E-state index contributed by atoms with van der Waals surface area (Å²) in [6.07, 6.45) is 8.49. The van der Waals surface area contributed by atoms with Gasteiger partial charge in [0, 0.05) is 47.1 Å². The minimum absolute atomic E-state index is 0.0623. The fraction of sp³-hybridized carbons (Fsp3) is 0.441. The maximum absolute atomic E-state index is 15.1. The van der Waals surface area contributed by atoms with Crippen LogP contribution < -0.4 is 22.5 Å². The number of amidine groups is 1. The molecule has 2 aromatic carbocycles. The zero-order chi connectivity index (χ0) is 32.1. The van der Waals surface area contributed by atoms with Gasteiger partial charge in [0.2, 0.25) is 0 Å². The number of nitrogens with two attached hydrogens (primary N) is 2. The van der Waals surface area contributed by atoms with Gasteiger partial charge >= 0.3 is 5.69 Å². The van der Waals surface area contributed by atoms with Crippen molar-refractivity contribution in [2.75, 3.05) is 6.54 Å². The number of rotatable bonds is 11. The van der Waals surface area contributed by atoms with E-state index in [1.807, 2.05) is 19.1 Å². The van der Waals surface area contributed by atoms with Gasteiger partial charge in [-0.25, -0.2) is 9.18 Å². The Balaban J connectivity index is 1.30. The number of nitrogens with one attached hydrogen (secondary N) is 2. The molecule has 240 valence electrons. The number of hydrogen-bond acceptors (Lipinski definition) is 6. The molecule has 0 amide bonds. The Hall–Kier alpha value is -3.18. The van der Waals surface area contributed by atoms with E-state index in [1.54, 1.807) is 36.2 Å². The van der Waals surface area contributed by atoms with Crippen molar-refractivity contribution in [3.8, 4) is 16.9 Å². The molecule has 0 bridgehead atoms. The zero-order valence-corrected chi connectivity index (χ0v) is 27.7. The highest BCUT2D eigenvalue weighted by Gasteiger charge is 2.22. The number of piperidine rings is 1. The molecular weight excluding hydrogens is 609 g/mol. The summed E-state index contributed by atoms with van der Waals surface area (Å²) in [5.74, 6) is -0.509. The smallest absolute Gasteiger partial charge is 0.354 e. The Bertz CT molecular complexity index is 1700. The van der Waals surface area contributed by atoms with E-state index in [1.165, 1.54) is 10.1 Å². The van der Waals surface area contributed by atoms with E-state index in [4.69, 9.17) is 23.1 Å². The Morgan fingerprint density at radius 2 is 1.98 bits per heavy atom. The highest BCUT2D eigenvalue weighted by molar-refractivity contribution is 8.14. The summed E-state index contributed by atoms with van der Waals surface area (Å²) in [5, 5.41) is 5.61. The van der Waals surface area contributed by atoms with Crippen LogP contribution in [0.2, 0.25) is 5.02 Å². The number of nitrogens with zero attached hydrogens (tertiary/aromatic N) is 3. The highest BCUT2D eigenvalue weighted by Crippen LogP contribution is 2.32. The number of thioether (sulfide) groups is 1. The first-order valence-electron chi connectivity index (χ1n) is 15.8. The van der Waals surface area contributed by atoms with Gasteiger partial charge in [0.25, 0.3) is 0 Å². The third-order valence-corrected chi connectivity index (χ3v) is 9.29. The lowest BCUT2D eigenvalue weighted by Gasteiger charge is -2.31. The molecule has 5 rings (SSSR count). The lowest BCUT2D eigenvalue weighted by Crippen LogP contribution is -2.37. The van der Waals surface area contributed by atoms with Gasteiger partial charge in [-0.05, 0) is 86.9 Å². The van der Waals surface area contributed by atoms with E-state index >= 15 is 4.39 Å². The Kier molecular flexibility index (Phi) is 11.0. The van der Waals surface area contributed by atoms with Crippen LogP contribution >= 0.6 is 23.4 Å². The molecule has 4 aromatic rings. The third kappa shape index (κ3) is 8.55. The van der Waals surface area contributed by atoms with Gasteiger partial charge in [0.15, 0.2) is 11.0 Å². The zero-order valence-electron chi connectivity index (χ0n) is 26.2. The number of fused-ring (bicyclic) bond motifs is 1. The molecule has 11 heteroatoms. The molecule has 2 aromatic heterocycles. The molecule has 1 saturated heterocycles. The van der Waals surface area contributed by atoms with E-state index in [0.717, 1.165) is 50.5 Å². The molecule has 6 N–H and O–H groups in total. The quantitative estimate of drug-likeness (QED) is 0.104. The van der Waals surface area contributed by atoms with E-state index in [2.05, 4.69) is 46.3 Å². The van der Waals surface area contributed by atoms with E-state index in [-0.39, 0.29) is 17.1 Å². The molecule has 3 atom stereocenters. The molecular formula is C34H43ClFN7OS. The molecule has 1 fully saturated rings. The largest absolute Gasteiger partial charge is 0.379 e. The van der Waals surface area contributed by atoms with Gasteiger partial charge in [-0.3, -0.25) is 9.56 Å². The van der Waals surface area contributed by atoms with Gasteiger partial charge in [0.05, 0.1) is 16.4 Å². The van der Waals surface area contributed by atoms with Crippen LogP contribution in [0.1, 0.15) is 76.5 Å². The van der Waals surface area contributed by atoms with Gasteiger partial charge in [0.1, 0.15) is 5.65 Å². The van der Waals surface area contributed by atoms with Crippen molar-refractivity contribution in [3.05, 3.63) is 81.1 Å². The van der Waals surface area contributed by atoms with Crippen molar-refractivity contribution in [1.82, 2.24) is 19.9 Å². The Morgan fingerprint density at radius 1 is 1.20 bits per heavy atom. The summed E-state index contributed by atoms with van der Waals surface area (Å²) in [6.45, 7) is 6.91. The van der Waals surface area contributed by atoms with Crippen LogP contribution in [-0.2, 0) is 6.42 Å². The minimum Gasteiger partial charge on any atom is -0.379 e.